The molecule has 18 heavy (non-hydrogen) atoms. The van der Waals surface area contributed by atoms with Crippen molar-refractivity contribution in [1.29, 1.82) is 0 Å². The summed E-state index contributed by atoms with van der Waals surface area (Å²) in [5, 5.41) is 6.75. The van der Waals surface area contributed by atoms with Crippen LogP contribution in [0.1, 0.15) is 27.2 Å². The molecular formula is C13H29IN4. The van der Waals surface area contributed by atoms with Crippen LogP contribution in [-0.2, 0) is 0 Å². The Morgan fingerprint density at radius 1 is 1.39 bits per heavy atom. The summed E-state index contributed by atoms with van der Waals surface area (Å²) in [5.41, 5.74) is 0. The molecule has 1 aliphatic heterocycles. The van der Waals surface area contributed by atoms with E-state index in [1.807, 2.05) is 0 Å². The maximum atomic E-state index is 4.57. The number of nitrogens with zero attached hydrogens (tertiary/aromatic N) is 2. The monoisotopic (exact) mass is 368 g/mol. The van der Waals surface area contributed by atoms with Gasteiger partial charge in [-0.05, 0) is 38.8 Å². The highest BCUT2D eigenvalue weighted by Crippen LogP contribution is 2.12. The van der Waals surface area contributed by atoms with Gasteiger partial charge in [0, 0.05) is 26.2 Å². The van der Waals surface area contributed by atoms with Crippen LogP contribution in [0.5, 0.6) is 0 Å². The minimum atomic E-state index is 0. The molecule has 1 aliphatic rings. The van der Waals surface area contributed by atoms with Gasteiger partial charge in [-0.25, -0.2) is 0 Å². The third-order valence-electron chi connectivity index (χ3n) is 3.01. The lowest BCUT2D eigenvalue weighted by atomic mass is 10.1. The van der Waals surface area contributed by atoms with Gasteiger partial charge in [0.15, 0.2) is 5.96 Å². The highest BCUT2D eigenvalue weighted by atomic mass is 127. The van der Waals surface area contributed by atoms with Crippen LogP contribution in [0.3, 0.4) is 0 Å². The Hall–Kier alpha value is -0.0400. The van der Waals surface area contributed by atoms with Crippen molar-refractivity contribution in [2.45, 2.75) is 27.2 Å². The Balaban J connectivity index is 0.00000289. The number of hydrogen-bond donors (Lipinski definition) is 2. The van der Waals surface area contributed by atoms with Gasteiger partial charge in [-0.15, -0.1) is 24.0 Å². The van der Waals surface area contributed by atoms with Crippen molar-refractivity contribution in [1.82, 2.24) is 15.5 Å². The summed E-state index contributed by atoms with van der Waals surface area (Å²) in [5.74, 6) is 2.35. The first-order chi connectivity index (χ1) is 8.11. The average molecular weight is 368 g/mol. The average Bonchev–Trinajstić information content (AvgIpc) is 2.68. The zero-order chi connectivity index (χ0) is 12.7. The number of likely N-dealkylation sites (tertiary alicyclic amines) is 1. The summed E-state index contributed by atoms with van der Waals surface area (Å²) < 4.78 is 0. The molecule has 0 aliphatic carbocycles. The van der Waals surface area contributed by atoms with Crippen LogP contribution in [0.4, 0.5) is 0 Å². The maximum Gasteiger partial charge on any atom is 0.191 e. The number of hydrogen-bond acceptors (Lipinski definition) is 2. The van der Waals surface area contributed by atoms with Gasteiger partial charge in [-0.3, -0.25) is 4.99 Å². The van der Waals surface area contributed by atoms with Gasteiger partial charge in [0.1, 0.15) is 0 Å². The predicted molar refractivity (Wildman–Crippen MR) is 89.8 cm³/mol. The van der Waals surface area contributed by atoms with Crippen molar-refractivity contribution < 1.29 is 0 Å². The molecule has 1 fully saturated rings. The molecule has 4 nitrogen and oxygen atoms in total. The molecule has 1 unspecified atom stereocenters. The Kier molecular flexibility index (Phi) is 9.81. The predicted octanol–water partition coefficient (Wildman–Crippen LogP) is 1.77. The van der Waals surface area contributed by atoms with Crippen molar-refractivity contribution in [3.63, 3.8) is 0 Å². The molecule has 0 bridgehead atoms. The van der Waals surface area contributed by atoms with Crippen LogP contribution in [0.2, 0.25) is 0 Å². The number of nitrogens with one attached hydrogen (secondary N) is 2. The first-order valence-electron chi connectivity index (χ1n) is 6.82. The molecule has 0 spiro atoms. The SMILES string of the molecule is CCNC(=NCC(C)C)NCC1CCN(C)C1.I. The molecule has 1 saturated heterocycles. The molecule has 0 aromatic rings. The maximum absolute atomic E-state index is 4.57. The number of rotatable bonds is 5. The minimum Gasteiger partial charge on any atom is -0.357 e. The van der Waals surface area contributed by atoms with Crippen LogP contribution in [0.15, 0.2) is 4.99 Å². The van der Waals surface area contributed by atoms with Gasteiger partial charge in [0.25, 0.3) is 0 Å². The summed E-state index contributed by atoms with van der Waals surface area (Å²) in [6.07, 6.45) is 1.30. The van der Waals surface area contributed by atoms with Crippen LogP contribution in [0.25, 0.3) is 0 Å². The minimum absolute atomic E-state index is 0. The molecule has 2 N–H and O–H groups in total. The summed E-state index contributed by atoms with van der Waals surface area (Å²) in [7, 11) is 2.19. The Bertz CT molecular complexity index is 243. The Morgan fingerprint density at radius 2 is 2.11 bits per heavy atom. The summed E-state index contributed by atoms with van der Waals surface area (Å²) in [6, 6.07) is 0. The standard InChI is InChI=1S/C13H28N4.HI/c1-5-14-13(15-8-11(2)3)16-9-12-6-7-17(4)10-12;/h11-12H,5-10H2,1-4H3,(H2,14,15,16);1H. The van der Waals surface area contributed by atoms with E-state index >= 15 is 0 Å². The molecule has 0 amide bonds. The van der Waals surface area contributed by atoms with E-state index in [2.05, 4.69) is 48.3 Å². The van der Waals surface area contributed by atoms with Crippen LogP contribution in [-0.4, -0.2) is 50.6 Å². The van der Waals surface area contributed by atoms with E-state index in [4.69, 9.17) is 0 Å². The van der Waals surface area contributed by atoms with E-state index < -0.39 is 0 Å². The van der Waals surface area contributed by atoms with Crippen LogP contribution < -0.4 is 10.6 Å². The Morgan fingerprint density at radius 3 is 2.61 bits per heavy atom. The topological polar surface area (TPSA) is 39.7 Å². The van der Waals surface area contributed by atoms with Crippen molar-refractivity contribution in [3.8, 4) is 0 Å². The molecule has 1 rings (SSSR count). The van der Waals surface area contributed by atoms with Crippen molar-refractivity contribution >= 4 is 29.9 Å². The van der Waals surface area contributed by atoms with Gasteiger partial charge in [-0.1, -0.05) is 13.8 Å². The zero-order valence-electron chi connectivity index (χ0n) is 12.2. The second-order valence-electron chi connectivity index (χ2n) is 5.41. The molecule has 108 valence electrons. The third kappa shape index (κ3) is 7.41. The second-order valence-corrected chi connectivity index (χ2v) is 5.41. The molecule has 1 heterocycles. The quantitative estimate of drug-likeness (QED) is 0.442. The number of guanidine groups is 1. The lowest BCUT2D eigenvalue weighted by molar-refractivity contribution is 0.394. The van der Waals surface area contributed by atoms with Gasteiger partial charge in [-0.2, -0.15) is 0 Å². The van der Waals surface area contributed by atoms with Crippen molar-refractivity contribution in [2.75, 3.05) is 39.8 Å². The molecule has 0 aromatic carbocycles. The normalized spacial score (nSPS) is 20.9. The smallest absolute Gasteiger partial charge is 0.191 e. The largest absolute Gasteiger partial charge is 0.357 e. The zero-order valence-corrected chi connectivity index (χ0v) is 14.5. The van der Waals surface area contributed by atoms with E-state index in [0.29, 0.717) is 5.92 Å². The summed E-state index contributed by atoms with van der Waals surface area (Å²) in [6.45, 7) is 11.8. The van der Waals surface area contributed by atoms with Crippen LogP contribution >= 0.6 is 24.0 Å². The first kappa shape index (κ1) is 18.0. The fraction of sp³-hybridized carbons (Fsp3) is 0.923. The molecule has 5 heteroatoms. The molecule has 1 atom stereocenters. The van der Waals surface area contributed by atoms with Gasteiger partial charge < -0.3 is 15.5 Å². The molecule has 0 aromatic heterocycles. The summed E-state index contributed by atoms with van der Waals surface area (Å²) in [4.78, 5) is 6.97. The van der Waals surface area contributed by atoms with Crippen molar-refractivity contribution in [3.05, 3.63) is 0 Å². The van der Waals surface area contributed by atoms with Crippen LogP contribution in [0, 0.1) is 11.8 Å². The van der Waals surface area contributed by atoms with E-state index in [9.17, 15) is 0 Å². The molecule has 0 radical (unpaired) electrons. The highest BCUT2D eigenvalue weighted by Gasteiger charge is 2.19. The first-order valence-corrected chi connectivity index (χ1v) is 6.82. The fourth-order valence-electron chi connectivity index (χ4n) is 2.05. The van der Waals surface area contributed by atoms with Gasteiger partial charge in [0.05, 0.1) is 0 Å². The number of halogens is 1. The van der Waals surface area contributed by atoms with E-state index in [1.165, 1.54) is 19.5 Å². The van der Waals surface area contributed by atoms with E-state index in [1.54, 1.807) is 0 Å². The van der Waals surface area contributed by atoms with E-state index in [0.717, 1.165) is 31.5 Å². The lowest BCUT2D eigenvalue weighted by Crippen LogP contribution is -2.40. The summed E-state index contributed by atoms with van der Waals surface area (Å²) >= 11 is 0. The molecular weight excluding hydrogens is 339 g/mol. The second kappa shape index (κ2) is 9.83. The molecule has 0 saturated carbocycles. The van der Waals surface area contributed by atoms with Gasteiger partial charge in [0.2, 0.25) is 0 Å². The number of aliphatic imine (C=N–C) groups is 1. The fourth-order valence-corrected chi connectivity index (χ4v) is 2.05. The van der Waals surface area contributed by atoms with Gasteiger partial charge >= 0.3 is 0 Å². The Labute approximate surface area is 129 Å². The van der Waals surface area contributed by atoms with Crippen molar-refractivity contribution in [2.24, 2.45) is 16.8 Å². The highest BCUT2D eigenvalue weighted by molar-refractivity contribution is 14.0. The van der Waals surface area contributed by atoms with E-state index in [-0.39, 0.29) is 24.0 Å². The third-order valence-corrected chi connectivity index (χ3v) is 3.01. The lowest BCUT2D eigenvalue weighted by Gasteiger charge is -2.15.